The summed E-state index contributed by atoms with van der Waals surface area (Å²) in [5, 5.41) is 2.87. The van der Waals surface area contributed by atoms with Crippen molar-refractivity contribution >= 4 is 44.6 Å². The second kappa shape index (κ2) is 7.95. The standard InChI is InChI=1S/C16H12Cl2F3NO4S/c1-26-14-5-3-10(27(24,25)16(19,20)21)8-13(14)22-15(23)7-9-2-4-11(17)12(18)6-9/h2-6,8H,7H2,1H3,(H,22,23). The van der Waals surface area contributed by atoms with E-state index in [1.165, 1.54) is 19.2 Å². The molecule has 0 aromatic heterocycles. The minimum absolute atomic E-state index is 0.00128. The zero-order valence-corrected chi connectivity index (χ0v) is 15.9. The van der Waals surface area contributed by atoms with Gasteiger partial charge in [0.15, 0.2) is 0 Å². The van der Waals surface area contributed by atoms with Gasteiger partial charge in [-0.3, -0.25) is 4.79 Å². The zero-order valence-electron chi connectivity index (χ0n) is 13.6. The van der Waals surface area contributed by atoms with Crippen LogP contribution in [0.25, 0.3) is 0 Å². The maximum absolute atomic E-state index is 12.7. The molecule has 2 aromatic rings. The van der Waals surface area contributed by atoms with E-state index in [1.54, 1.807) is 6.07 Å². The van der Waals surface area contributed by atoms with Gasteiger partial charge in [-0.15, -0.1) is 0 Å². The summed E-state index contributed by atoms with van der Waals surface area (Å²) in [4.78, 5) is 11.2. The Bertz CT molecular complexity index is 978. The molecule has 0 saturated carbocycles. The van der Waals surface area contributed by atoms with Crippen LogP contribution in [0.1, 0.15) is 5.56 Å². The first-order chi connectivity index (χ1) is 12.5. The summed E-state index contributed by atoms with van der Waals surface area (Å²) in [5.74, 6) is -0.619. The molecule has 0 saturated heterocycles. The lowest BCUT2D eigenvalue weighted by Crippen LogP contribution is -2.23. The van der Waals surface area contributed by atoms with Crippen LogP contribution in [0.15, 0.2) is 41.3 Å². The lowest BCUT2D eigenvalue weighted by Gasteiger charge is -2.13. The van der Waals surface area contributed by atoms with Gasteiger partial charge in [0.05, 0.1) is 34.2 Å². The van der Waals surface area contributed by atoms with Gasteiger partial charge in [0.1, 0.15) is 5.75 Å². The largest absolute Gasteiger partial charge is 0.501 e. The van der Waals surface area contributed by atoms with Gasteiger partial charge < -0.3 is 10.1 Å². The second-order valence-corrected chi connectivity index (χ2v) is 8.04. The van der Waals surface area contributed by atoms with Gasteiger partial charge in [-0.05, 0) is 35.9 Å². The highest BCUT2D eigenvalue weighted by molar-refractivity contribution is 7.92. The molecule has 2 aromatic carbocycles. The fourth-order valence-electron chi connectivity index (χ4n) is 2.11. The first kappa shape index (κ1) is 21.3. The SMILES string of the molecule is COc1ccc(S(=O)(=O)C(F)(F)F)cc1NC(=O)Cc1ccc(Cl)c(Cl)c1. The van der Waals surface area contributed by atoms with Crippen molar-refractivity contribution in [1.82, 2.24) is 0 Å². The van der Waals surface area contributed by atoms with Crippen molar-refractivity contribution in [3.63, 3.8) is 0 Å². The van der Waals surface area contributed by atoms with Gasteiger partial charge >= 0.3 is 5.51 Å². The molecule has 0 aliphatic rings. The topological polar surface area (TPSA) is 72.5 Å². The molecule has 5 nitrogen and oxygen atoms in total. The average molecular weight is 442 g/mol. The van der Waals surface area contributed by atoms with Crippen molar-refractivity contribution in [3.05, 3.63) is 52.0 Å². The number of hydrogen-bond acceptors (Lipinski definition) is 4. The Hall–Kier alpha value is -1.97. The van der Waals surface area contributed by atoms with Crippen LogP contribution in [-0.2, 0) is 21.1 Å². The van der Waals surface area contributed by atoms with Crippen molar-refractivity contribution in [1.29, 1.82) is 0 Å². The number of carbonyl (C=O) groups is 1. The number of nitrogens with one attached hydrogen (secondary N) is 1. The first-order valence-corrected chi connectivity index (χ1v) is 9.43. The summed E-state index contributed by atoms with van der Waals surface area (Å²) in [6, 6.07) is 6.96. The number of hydrogen-bond donors (Lipinski definition) is 1. The molecule has 1 amide bonds. The maximum Gasteiger partial charge on any atom is 0.501 e. The van der Waals surface area contributed by atoms with Gasteiger partial charge in [-0.1, -0.05) is 29.3 Å². The Morgan fingerprint density at radius 3 is 2.33 bits per heavy atom. The van der Waals surface area contributed by atoms with Crippen LogP contribution in [0, 0.1) is 0 Å². The summed E-state index contributed by atoms with van der Waals surface area (Å²) >= 11 is 11.6. The van der Waals surface area contributed by atoms with Crippen LogP contribution < -0.4 is 10.1 Å². The van der Waals surface area contributed by atoms with E-state index in [0.29, 0.717) is 16.7 Å². The normalized spacial score (nSPS) is 11.9. The highest BCUT2D eigenvalue weighted by Gasteiger charge is 2.47. The van der Waals surface area contributed by atoms with Crippen LogP contribution in [0.5, 0.6) is 5.75 Å². The number of benzene rings is 2. The molecule has 0 bridgehead atoms. The number of rotatable bonds is 5. The molecule has 0 aliphatic carbocycles. The number of ether oxygens (including phenoxy) is 1. The van der Waals surface area contributed by atoms with E-state index in [2.05, 4.69) is 5.32 Å². The summed E-state index contributed by atoms with van der Waals surface area (Å²) in [6.07, 6.45) is -0.170. The van der Waals surface area contributed by atoms with Crippen molar-refractivity contribution in [2.24, 2.45) is 0 Å². The van der Waals surface area contributed by atoms with Crippen molar-refractivity contribution in [2.45, 2.75) is 16.8 Å². The Labute approximate surface area is 163 Å². The molecule has 11 heteroatoms. The zero-order chi connectivity index (χ0) is 20.4. The van der Waals surface area contributed by atoms with Crippen LogP contribution in [-0.4, -0.2) is 26.9 Å². The van der Waals surface area contributed by atoms with Crippen molar-refractivity contribution in [3.8, 4) is 5.75 Å². The van der Waals surface area contributed by atoms with Crippen LogP contribution in [0.2, 0.25) is 10.0 Å². The van der Waals surface area contributed by atoms with Gasteiger partial charge in [0, 0.05) is 0 Å². The Morgan fingerprint density at radius 1 is 1.11 bits per heavy atom. The van der Waals surface area contributed by atoms with Crippen LogP contribution in [0.3, 0.4) is 0 Å². The molecule has 2 rings (SSSR count). The third-order valence-corrected chi connectivity index (χ3v) is 5.63. The second-order valence-electron chi connectivity index (χ2n) is 5.28. The molecular weight excluding hydrogens is 430 g/mol. The van der Waals surface area contributed by atoms with E-state index < -0.39 is 26.1 Å². The van der Waals surface area contributed by atoms with Gasteiger partial charge in [-0.2, -0.15) is 13.2 Å². The smallest absolute Gasteiger partial charge is 0.495 e. The molecule has 0 aliphatic heterocycles. The minimum atomic E-state index is -5.57. The highest BCUT2D eigenvalue weighted by Crippen LogP contribution is 2.34. The molecule has 0 radical (unpaired) electrons. The molecule has 27 heavy (non-hydrogen) atoms. The summed E-state index contributed by atoms with van der Waals surface area (Å²) in [6.45, 7) is 0. The van der Waals surface area contributed by atoms with Crippen LogP contribution >= 0.6 is 23.2 Å². The van der Waals surface area contributed by atoms with E-state index in [0.717, 1.165) is 12.1 Å². The van der Waals surface area contributed by atoms with Gasteiger partial charge in [-0.25, -0.2) is 8.42 Å². The number of methoxy groups -OCH3 is 1. The van der Waals surface area contributed by atoms with Crippen molar-refractivity contribution < 1.29 is 31.1 Å². The monoisotopic (exact) mass is 441 g/mol. The third-order valence-electron chi connectivity index (χ3n) is 3.41. The lowest BCUT2D eigenvalue weighted by atomic mass is 10.1. The predicted molar refractivity (Wildman–Crippen MR) is 95.0 cm³/mol. The molecule has 146 valence electrons. The predicted octanol–water partition coefficient (Wildman–Crippen LogP) is 4.48. The van der Waals surface area contributed by atoms with Gasteiger partial charge in [0.25, 0.3) is 9.84 Å². The average Bonchev–Trinajstić information content (AvgIpc) is 2.57. The number of anilines is 1. The maximum atomic E-state index is 12.7. The molecule has 1 N–H and O–H groups in total. The molecule has 0 unspecified atom stereocenters. The number of carbonyl (C=O) groups excluding carboxylic acids is 1. The van der Waals surface area contributed by atoms with E-state index in [9.17, 15) is 26.4 Å². The molecule has 0 spiro atoms. The molecule has 0 heterocycles. The fraction of sp³-hybridized carbons (Fsp3) is 0.188. The van der Waals surface area contributed by atoms with Crippen molar-refractivity contribution in [2.75, 3.05) is 12.4 Å². The number of halogens is 5. The third kappa shape index (κ3) is 4.85. The minimum Gasteiger partial charge on any atom is -0.495 e. The summed E-state index contributed by atoms with van der Waals surface area (Å²) in [7, 11) is -4.34. The summed E-state index contributed by atoms with van der Waals surface area (Å²) < 4.78 is 66.2. The number of amides is 1. The highest BCUT2D eigenvalue weighted by atomic mass is 35.5. The number of alkyl halides is 3. The first-order valence-electron chi connectivity index (χ1n) is 7.19. The van der Waals surface area contributed by atoms with E-state index in [1.807, 2.05) is 0 Å². The number of sulfone groups is 1. The van der Waals surface area contributed by atoms with E-state index in [-0.39, 0.29) is 22.9 Å². The fourth-order valence-corrected chi connectivity index (χ4v) is 3.22. The van der Waals surface area contributed by atoms with E-state index in [4.69, 9.17) is 27.9 Å². The van der Waals surface area contributed by atoms with E-state index >= 15 is 0 Å². The Balaban J connectivity index is 2.30. The molecule has 0 fully saturated rings. The Kier molecular flexibility index (Phi) is 6.28. The van der Waals surface area contributed by atoms with Crippen LogP contribution in [0.4, 0.5) is 18.9 Å². The Morgan fingerprint density at radius 2 is 1.78 bits per heavy atom. The van der Waals surface area contributed by atoms with Gasteiger partial charge in [0.2, 0.25) is 5.91 Å². The quantitative estimate of drug-likeness (QED) is 0.742. The lowest BCUT2D eigenvalue weighted by molar-refractivity contribution is -0.115. The summed E-state index contributed by atoms with van der Waals surface area (Å²) in [5.41, 5.74) is -5.18. The molecule has 0 atom stereocenters. The molecular formula is C16H12Cl2F3NO4S.